The third kappa shape index (κ3) is 6.24. The molecule has 0 fully saturated rings. The van der Waals surface area contributed by atoms with Crippen molar-refractivity contribution in [2.45, 2.75) is 19.8 Å². The maximum absolute atomic E-state index is 12.4. The molecule has 0 bridgehead atoms. The number of nitro benzene ring substituents is 1. The fourth-order valence-corrected chi connectivity index (χ4v) is 4.05. The van der Waals surface area contributed by atoms with E-state index in [2.05, 4.69) is 6.07 Å². The Labute approximate surface area is 230 Å². The number of hydrogen-bond donors (Lipinski definition) is 1. The van der Waals surface area contributed by atoms with E-state index in [9.17, 15) is 20.2 Å². The first kappa shape index (κ1) is 27.8. The smallest absolute Gasteiger partial charge is 0.349 e. The maximum atomic E-state index is 12.4. The van der Waals surface area contributed by atoms with E-state index in [0.29, 0.717) is 35.3 Å². The van der Waals surface area contributed by atoms with Crippen molar-refractivity contribution in [3.8, 4) is 34.8 Å². The molecule has 1 aliphatic rings. The van der Waals surface area contributed by atoms with Crippen molar-refractivity contribution in [2.75, 3.05) is 20.3 Å². The highest BCUT2D eigenvalue weighted by Crippen LogP contribution is 2.45. The number of benzene rings is 3. The number of non-ortho nitro benzene ring substituents is 1. The number of rotatable bonds is 10. The van der Waals surface area contributed by atoms with Gasteiger partial charge in [-0.05, 0) is 41.8 Å². The van der Waals surface area contributed by atoms with E-state index in [0.717, 1.165) is 5.56 Å². The van der Waals surface area contributed by atoms with Crippen LogP contribution in [-0.4, -0.2) is 31.2 Å². The number of methoxy groups -OCH3 is 1. The van der Waals surface area contributed by atoms with Gasteiger partial charge in [-0.15, -0.1) is 0 Å². The highest BCUT2D eigenvalue weighted by Gasteiger charge is 2.32. The number of nitrogens with zero attached hydrogens (tertiary/aromatic N) is 2. The van der Waals surface area contributed by atoms with Crippen LogP contribution in [0, 0.1) is 27.4 Å². The van der Waals surface area contributed by atoms with Crippen molar-refractivity contribution in [1.29, 1.82) is 5.26 Å². The van der Waals surface area contributed by atoms with Gasteiger partial charge in [-0.2, -0.15) is 5.26 Å². The Kier molecular flexibility index (Phi) is 8.39. The molecule has 1 atom stereocenters. The molecule has 0 spiro atoms. The predicted molar refractivity (Wildman–Crippen MR) is 143 cm³/mol. The number of fused-ring (bicyclic) bond motifs is 1. The van der Waals surface area contributed by atoms with E-state index >= 15 is 0 Å². The fraction of sp³-hybridized carbons (Fsp3) is 0.241. The number of ether oxygens (including phenoxy) is 5. The summed E-state index contributed by atoms with van der Waals surface area (Å²) in [5.74, 6) is 0.880. The molecular weight excluding hydrogens is 518 g/mol. The highest BCUT2D eigenvalue weighted by atomic mass is 16.6. The monoisotopic (exact) mass is 545 g/mol. The molecule has 11 heteroatoms. The van der Waals surface area contributed by atoms with Crippen molar-refractivity contribution >= 4 is 11.7 Å². The number of carbonyl (C=O) groups excluding carboxylic acids is 1. The number of nitro groups is 1. The van der Waals surface area contributed by atoms with Gasteiger partial charge in [0.25, 0.3) is 5.69 Å². The summed E-state index contributed by atoms with van der Waals surface area (Å²) in [6.07, 6.45) is 0. The van der Waals surface area contributed by atoms with Gasteiger partial charge in [0.1, 0.15) is 28.9 Å². The summed E-state index contributed by atoms with van der Waals surface area (Å²) in [7, 11) is 1.54. The quantitative estimate of drug-likeness (QED) is 0.162. The average molecular weight is 546 g/mol. The molecule has 1 aliphatic heterocycles. The van der Waals surface area contributed by atoms with Crippen molar-refractivity contribution in [3.63, 3.8) is 0 Å². The molecule has 0 saturated heterocycles. The average Bonchev–Trinajstić information content (AvgIpc) is 2.94. The number of esters is 1. The zero-order valence-corrected chi connectivity index (χ0v) is 22.1. The van der Waals surface area contributed by atoms with Crippen LogP contribution >= 0.6 is 0 Å². The molecular formula is C29H27N3O8. The molecule has 206 valence electrons. The standard InChI is InChI=1S/C29H27N3O8/c1-17(2)15-38-24-11-4-18(12-26(24)36-3)28-22-10-9-21(13-25(22)40-29(31)23(28)14-30)39-27(33)16-37-20-7-5-19(6-8-20)32(34)35/h4-13,17,28H,15-16,31H2,1-3H3. The van der Waals surface area contributed by atoms with Crippen molar-refractivity contribution in [1.82, 2.24) is 0 Å². The lowest BCUT2D eigenvalue weighted by molar-refractivity contribution is -0.384. The summed E-state index contributed by atoms with van der Waals surface area (Å²) in [6.45, 7) is 4.19. The molecule has 0 aromatic heterocycles. The van der Waals surface area contributed by atoms with Crippen LogP contribution in [0.1, 0.15) is 30.9 Å². The molecule has 11 nitrogen and oxygen atoms in total. The van der Waals surface area contributed by atoms with E-state index in [4.69, 9.17) is 29.4 Å². The Bertz CT molecular complexity index is 1490. The van der Waals surface area contributed by atoms with Gasteiger partial charge in [-0.25, -0.2) is 4.79 Å². The van der Waals surface area contributed by atoms with E-state index < -0.39 is 23.4 Å². The Morgan fingerprint density at radius 3 is 2.45 bits per heavy atom. The predicted octanol–water partition coefficient (Wildman–Crippen LogP) is 4.84. The van der Waals surface area contributed by atoms with Crippen molar-refractivity contribution in [2.24, 2.45) is 11.7 Å². The summed E-state index contributed by atoms with van der Waals surface area (Å²) < 4.78 is 27.8. The van der Waals surface area contributed by atoms with E-state index in [1.165, 1.54) is 30.3 Å². The number of nitriles is 1. The van der Waals surface area contributed by atoms with Crippen LogP contribution in [0.3, 0.4) is 0 Å². The van der Waals surface area contributed by atoms with E-state index in [-0.39, 0.29) is 28.6 Å². The second-order valence-corrected chi connectivity index (χ2v) is 9.25. The van der Waals surface area contributed by atoms with Gasteiger partial charge in [0.2, 0.25) is 5.88 Å². The molecule has 3 aromatic rings. The van der Waals surface area contributed by atoms with Crippen LogP contribution in [0.15, 0.2) is 72.1 Å². The molecule has 0 aliphatic carbocycles. The van der Waals surface area contributed by atoms with E-state index in [1.54, 1.807) is 31.4 Å². The molecule has 0 saturated carbocycles. The van der Waals surface area contributed by atoms with Gasteiger partial charge in [-0.1, -0.05) is 26.0 Å². The minimum Gasteiger partial charge on any atom is -0.493 e. The number of nitrogens with two attached hydrogens (primary N) is 1. The Balaban J connectivity index is 1.53. The lowest BCUT2D eigenvalue weighted by Crippen LogP contribution is -2.22. The molecule has 40 heavy (non-hydrogen) atoms. The van der Waals surface area contributed by atoms with Crippen LogP contribution in [0.25, 0.3) is 0 Å². The highest BCUT2D eigenvalue weighted by molar-refractivity contribution is 5.74. The second kappa shape index (κ2) is 12.1. The van der Waals surface area contributed by atoms with Gasteiger partial charge < -0.3 is 29.4 Å². The molecule has 3 aromatic carbocycles. The SMILES string of the molecule is COc1cc(C2C(C#N)=C(N)Oc3cc(OC(=O)COc4ccc([N+](=O)[O-])cc4)ccc32)ccc1OCC(C)C. The Hall–Kier alpha value is -5.24. The Morgan fingerprint density at radius 2 is 1.80 bits per heavy atom. The molecule has 0 radical (unpaired) electrons. The van der Waals surface area contributed by atoms with Gasteiger partial charge in [0, 0.05) is 23.8 Å². The van der Waals surface area contributed by atoms with Gasteiger partial charge in [0.05, 0.1) is 24.6 Å². The van der Waals surface area contributed by atoms with Crippen LogP contribution < -0.4 is 29.4 Å². The summed E-state index contributed by atoms with van der Waals surface area (Å²) in [5, 5.41) is 20.6. The van der Waals surface area contributed by atoms with Crippen LogP contribution in [0.2, 0.25) is 0 Å². The largest absolute Gasteiger partial charge is 0.493 e. The molecule has 4 rings (SSSR count). The first-order valence-corrected chi connectivity index (χ1v) is 12.3. The van der Waals surface area contributed by atoms with E-state index in [1.807, 2.05) is 19.9 Å². The first-order valence-electron chi connectivity index (χ1n) is 12.3. The number of allylic oxidation sites excluding steroid dienone is 1. The van der Waals surface area contributed by atoms with Crippen LogP contribution in [0.5, 0.6) is 28.7 Å². The first-order chi connectivity index (χ1) is 19.2. The molecule has 2 N–H and O–H groups in total. The third-order valence-corrected chi connectivity index (χ3v) is 5.92. The van der Waals surface area contributed by atoms with Crippen LogP contribution in [-0.2, 0) is 4.79 Å². The summed E-state index contributed by atoms with van der Waals surface area (Å²) in [5.41, 5.74) is 7.63. The second-order valence-electron chi connectivity index (χ2n) is 9.25. The number of carbonyl (C=O) groups is 1. The van der Waals surface area contributed by atoms with Crippen molar-refractivity contribution in [3.05, 3.63) is 93.4 Å². The minimum atomic E-state index is -0.700. The molecule has 0 amide bonds. The summed E-state index contributed by atoms with van der Waals surface area (Å²) >= 11 is 0. The van der Waals surface area contributed by atoms with Crippen LogP contribution in [0.4, 0.5) is 5.69 Å². The lowest BCUT2D eigenvalue weighted by atomic mass is 9.83. The Morgan fingerprint density at radius 1 is 1.07 bits per heavy atom. The zero-order valence-electron chi connectivity index (χ0n) is 22.1. The zero-order chi connectivity index (χ0) is 28.8. The topological polar surface area (TPSA) is 156 Å². The molecule has 1 heterocycles. The molecule has 1 unspecified atom stereocenters. The number of hydrogen-bond acceptors (Lipinski definition) is 10. The summed E-state index contributed by atoms with van der Waals surface area (Å²) in [4.78, 5) is 22.6. The van der Waals surface area contributed by atoms with Gasteiger partial charge >= 0.3 is 5.97 Å². The van der Waals surface area contributed by atoms with Gasteiger partial charge in [-0.3, -0.25) is 10.1 Å². The minimum absolute atomic E-state index is 0.0657. The van der Waals surface area contributed by atoms with Gasteiger partial charge in [0.15, 0.2) is 18.1 Å². The lowest BCUT2D eigenvalue weighted by Gasteiger charge is -2.27. The summed E-state index contributed by atoms with van der Waals surface area (Å²) in [6, 6.07) is 17.7. The maximum Gasteiger partial charge on any atom is 0.349 e. The fourth-order valence-electron chi connectivity index (χ4n) is 4.05. The third-order valence-electron chi connectivity index (χ3n) is 5.92. The van der Waals surface area contributed by atoms with Crippen molar-refractivity contribution < 1.29 is 33.4 Å². The normalized spacial score (nSPS) is 14.0.